The van der Waals surface area contributed by atoms with Gasteiger partial charge in [-0.25, -0.2) is 9.37 Å². The van der Waals surface area contributed by atoms with Crippen LogP contribution in [0.15, 0.2) is 28.7 Å². The molecule has 108 valence electrons. The second kappa shape index (κ2) is 5.69. The molecule has 0 atom stereocenters. The van der Waals surface area contributed by atoms with Crippen LogP contribution in [0.1, 0.15) is 23.2 Å². The molecule has 1 aliphatic carbocycles. The maximum atomic E-state index is 13.1. The molecule has 3 rings (SSSR count). The molecule has 0 spiro atoms. The number of aryl methyl sites for hydroxylation is 2. The summed E-state index contributed by atoms with van der Waals surface area (Å²) in [5.74, 6) is 0.500. The van der Waals surface area contributed by atoms with Crippen LogP contribution in [0.3, 0.4) is 0 Å². The molecule has 0 unspecified atom stereocenters. The van der Waals surface area contributed by atoms with Crippen LogP contribution in [0.2, 0.25) is 0 Å². The highest BCUT2D eigenvalue weighted by atomic mass is 79.9. The lowest BCUT2D eigenvalue weighted by atomic mass is 10.1. The fraction of sp³-hybridized carbons (Fsp3) is 0.200. The number of thiocarbonyl (C=S) groups is 1. The second-order valence-electron chi connectivity index (χ2n) is 4.84. The lowest BCUT2D eigenvalue weighted by molar-refractivity contribution is 0.455. The molecule has 0 aliphatic heterocycles. The maximum absolute atomic E-state index is 13.1. The van der Waals surface area contributed by atoms with Crippen molar-refractivity contribution < 1.29 is 9.13 Å². The highest BCUT2D eigenvalue weighted by molar-refractivity contribution is 9.10. The molecule has 3 nitrogen and oxygen atoms in total. The summed E-state index contributed by atoms with van der Waals surface area (Å²) >= 11 is 8.35. The van der Waals surface area contributed by atoms with Crippen LogP contribution in [0.25, 0.3) is 0 Å². The Morgan fingerprint density at radius 3 is 2.86 bits per heavy atom. The number of hydrogen-bond donors (Lipinski definition) is 1. The van der Waals surface area contributed by atoms with Crippen LogP contribution in [-0.4, -0.2) is 9.97 Å². The molecule has 0 amide bonds. The highest BCUT2D eigenvalue weighted by Gasteiger charge is 2.19. The summed E-state index contributed by atoms with van der Waals surface area (Å²) in [4.78, 5) is 4.77. The minimum atomic E-state index is -0.342. The van der Waals surface area contributed by atoms with Gasteiger partial charge in [-0.1, -0.05) is 12.2 Å². The van der Waals surface area contributed by atoms with Gasteiger partial charge in [-0.15, -0.1) is 0 Å². The standard InChI is InChI=1S/C15H12BrFN2OS/c16-11-7-9(17)4-5-13(11)20-15-10(14(18)21)6-8-2-1-3-12(8)19-15/h4-7H,1-3H2,(H2,18,21). The van der Waals surface area contributed by atoms with Gasteiger partial charge in [0, 0.05) is 5.69 Å². The molecule has 1 heterocycles. The van der Waals surface area contributed by atoms with Gasteiger partial charge < -0.3 is 10.5 Å². The number of hydrogen-bond acceptors (Lipinski definition) is 3. The van der Waals surface area contributed by atoms with Crippen molar-refractivity contribution in [2.75, 3.05) is 0 Å². The summed E-state index contributed by atoms with van der Waals surface area (Å²) in [6, 6.07) is 6.15. The summed E-state index contributed by atoms with van der Waals surface area (Å²) in [7, 11) is 0. The topological polar surface area (TPSA) is 48.1 Å². The first kappa shape index (κ1) is 14.4. The zero-order chi connectivity index (χ0) is 15.0. The van der Waals surface area contributed by atoms with E-state index in [1.807, 2.05) is 6.07 Å². The summed E-state index contributed by atoms with van der Waals surface area (Å²) in [5, 5.41) is 0. The Hall–Kier alpha value is -1.53. The van der Waals surface area contributed by atoms with Gasteiger partial charge in [-0.05, 0) is 65.0 Å². The molecule has 2 N–H and O–H groups in total. The molecule has 0 saturated carbocycles. The predicted molar refractivity (Wildman–Crippen MR) is 86.3 cm³/mol. The quantitative estimate of drug-likeness (QED) is 0.836. The number of pyridine rings is 1. The number of ether oxygens (including phenoxy) is 1. The molecule has 0 saturated heterocycles. The Morgan fingerprint density at radius 1 is 1.33 bits per heavy atom. The summed E-state index contributed by atoms with van der Waals surface area (Å²) < 4.78 is 19.4. The van der Waals surface area contributed by atoms with Gasteiger partial charge in [0.15, 0.2) is 0 Å². The third-order valence-corrected chi connectivity index (χ3v) is 4.22. The van der Waals surface area contributed by atoms with Crippen molar-refractivity contribution in [1.29, 1.82) is 0 Å². The number of nitrogens with zero attached hydrogens (tertiary/aromatic N) is 1. The lowest BCUT2D eigenvalue weighted by Crippen LogP contribution is -2.13. The van der Waals surface area contributed by atoms with E-state index in [0.29, 0.717) is 21.7 Å². The minimum Gasteiger partial charge on any atom is -0.437 e. The van der Waals surface area contributed by atoms with Crippen LogP contribution in [0, 0.1) is 5.82 Å². The first-order chi connectivity index (χ1) is 10.0. The van der Waals surface area contributed by atoms with E-state index >= 15 is 0 Å². The Balaban J connectivity index is 2.03. The highest BCUT2D eigenvalue weighted by Crippen LogP contribution is 2.33. The number of aromatic nitrogens is 1. The zero-order valence-corrected chi connectivity index (χ0v) is 13.4. The van der Waals surface area contributed by atoms with Crippen LogP contribution >= 0.6 is 28.1 Å². The van der Waals surface area contributed by atoms with E-state index in [2.05, 4.69) is 20.9 Å². The molecule has 1 aromatic heterocycles. The van der Waals surface area contributed by atoms with Crippen molar-refractivity contribution in [3.05, 3.63) is 51.4 Å². The number of fused-ring (bicyclic) bond motifs is 1. The molecule has 0 radical (unpaired) electrons. The van der Waals surface area contributed by atoms with Gasteiger partial charge in [-0.2, -0.15) is 0 Å². The molecular formula is C15H12BrFN2OS. The van der Waals surface area contributed by atoms with E-state index in [4.69, 9.17) is 22.7 Å². The predicted octanol–water partition coefficient (Wildman–Crippen LogP) is 3.90. The molecular weight excluding hydrogens is 355 g/mol. The summed E-state index contributed by atoms with van der Waals surface area (Å²) in [6.45, 7) is 0. The number of benzene rings is 1. The van der Waals surface area contributed by atoms with Gasteiger partial charge in [0.1, 0.15) is 16.6 Å². The van der Waals surface area contributed by atoms with E-state index in [1.54, 1.807) is 0 Å². The van der Waals surface area contributed by atoms with Gasteiger partial charge in [0.05, 0.1) is 10.0 Å². The molecule has 21 heavy (non-hydrogen) atoms. The Kier molecular flexibility index (Phi) is 3.91. The third-order valence-electron chi connectivity index (χ3n) is 3.38. The summed E-state index contributed by atoms with van der Waals surface area (Å²) in [6.07, 6.45) is 2.98. The van der Waals surface area contributed by atoms with Gasteiger partial charge in [-0.3, -0.25) is 0 Å². The number of nitrogens with two attached hydrogens (primary N) is 1. The fourth-order valence-electron chi connectivity index (χ4n) is 2.37. The molecule has 1 aliphatic rings. The van der Waals surface area contributed by atoms with Gasteiger partial charge in [0.2, 0.25) is 5.88 Å². The van der Waals surface area contributed by atoms with E-state index in [9.17, 15) is 4.39 Å². The van der Waals surface area contributed by atoms with E-state index in [-0.39, 0.29) is 10.8 Å². The van der Waals surface area contributed by atoms with Crippen LogP contribution in [0.4, 0.5) is 4.39 Å². The van der Waals surface area contributed by atoms with Crippen LogP contribution < -0.4 is 10.5 Å². The lowest BCUT2D eigenvalue weighted by Gasteiger charge is -2.12. The van der Waals surface area contributed by atoms with Crippen molar-refractivity contribution in [2.24, 2.45) is 5.73 Å². The fourth-order valence-corrected chi connectivity index (χ4v) is 2.95. The first-order valence-electron chi connectivity index (χ1n) is 6.50. The number of halogens is 2. The zero-order valence-electron chi connectivity index (χ0n) is 11.0. The second-order valence-corrected chi connectivity index (χ2v) is 6.14. The first-order valence-corrected chi connectivity index (χ1v) is 7.70. The Labute approximate surface area is 135 Å². The van der Waals surface area contributed by atoms with E-state index in [1.165, 1.54) is 23.8 Å². The summed E-state index contributed by atoms with van der Waals surface area (Å²) in [5.41, 5.74) is 8.56. The average molecular weight is 367 g/mol. The molecule has 0 fully saturated rings. The normalized spacial score (nSPS) is 13.0. The van der Waals surface area contributed by atoms with Gasteiger partial charge in [0.25, 0.3) is 0 Å². The van der Waals surface area contributed by atoms with Crippen molar-refractivity contribution in [3.8, 4) is 11.6 Å². The minimum absolute atomic E-state index is 0.241. The molecule has 2 aromatic rings. The van der Waals surface area contributed by atoms with E-state index < -0.39 is 0 Å². The SMILES string of the molecule is NC(=S)c1cc2c(nc1Oc1ccc(F)cc1Br)CCC2. The van der Waals surface area contributed by atoms with Gasteiger partial charge >= 0.3 is 0 Å². The van der Waals surface area contributed by atoms with Crippen LogP contribution in [-0.2, 0) is 12.8 Å². The van der Waals surface area contributed by atoms with Crippen molar-refractivity contribution in [2.45, 2.75) is 19.3 Å². The van der Waals surface area contributed by atoms with Crippen molar-refractivity contribution in [3.63, 3.8) is 0 Å². The molecule has 6 heteroatoms. The van der Waals surface area contributed by atoms with E-state index in [0.717, 1.165) is 25.0 Å². The maximum Gasteiger partial charge on any atom is 0.229 e. The molecule has 1 aromatic carbocycles. The Bertz CT molecular complexity index is 736. The van der Waals surface area contributed by atoms with Crippen molar-refractivity contribution in [1.82, 2.24) is 4.98 Å². The molecule has 0 bridgehead atoms. The van der Waals surface area contributed by atoms with Crippen molar-refractivity contribution >= 4 is 33.1 Å². The number of rotatable bonds is 3. The third kappa shape index (κ3) is 2.91. The largest absolute Gasteiger partial charge is 0.437 e. The van der Waals surface area contributed by atoms with Crippen LogP contribution in [0.5, 0.6) is 11.6 Å². The Morgan fingerprint density at radius 2 is 2.14 bits per heavy atom. The monoisotopic (exact) mass is 366 g/mol. The average Bonchev–Trinajstić information content (AvgIpc) is 2.88. The smallest absolute Gasteiger partial charge is 0.229 e.